The molecule has 2 aliphatic heterocycles. The van der Waals surface area contributed by atoms with Crippen LogP contribution in [0.15, 0.2) is 12.1 Å². The van der Waals surface area contributed by atoms with Crippen molar-refractivity contribution in [3.05, 3.63) is 28.8 Å². The van der Waals surface area contributed by atoms with Crippen molar-refractivity contribution < 1.29 is 9.53 Å². The van der Waals surface area contributed by atoms with Gasteiger partial charge >= 0.3 is 0 Å². The Labute approximate surface area is 140 Å². The van der Waals surface area contributed by atoms with Gasteiger partial charge in [0.2, 0.25) is 0 Å². The van der Waals surface area contributed by atoms with Crippen LogP contribution in [0.2, 0.25) is 0 Å². The molecule has 1 aromatic carbocycles. The van der Waals surface area contributed by atoms with Crippen molar-refractivity contribution in [2.75, 3.05) is 20.2 Å². The van der Waals surface area contributed by atoms with Gasteiger partial charge in [-0.3, -0.25) is 9.69 Å². The molecule has 2 atom stereocenters. The quantitative estimate of drug-likeness (QED) is 0.846. The van der Waals surface area contributed by atoms with Crippen molar-refractivity contribution >= 4 is 5.78 Å². The van der Waals surface area contributed by atoms with E-state index >= 15 is 0 Å². The van der Waals surface area contributed by atoms with Gasteiger partial charge in [-0.15, -0.1) is 0 Å². The van der Waals surface area contributed by atoms with Gasteiger partial charge in [0, 0.05) is 31.5 Å². The fourth-order valence-corrected chi connectivity index (χ4v) is 4.27. The average Bonchev–Trinajstić information content (AvgIpc) is 2.53. The molecule has 3 nitrogen and oxygen atoms in total. The smallest absolute Gasteiger partial charge is 0.139 e. The standard InChI is InChI=1S/C20H29NO2/c1-5-14-9-17-15(10-20(14)23-4)6-7-21-12-16(8-13(2)3)19(22)11-18(17)21/h9-10,13,16,18H,5-8,11-12H2,1-4H3/t16-,18-/m0/s1. The highest BCUT2D eigenvalue weighted by Crippen LogP contribution is 2.40. The minimum atomic E-state index is 0.233. The summed E-state index contributed by atoms with van der Waals surface area (Å²) in [5, 5.41) is 0. The molecule has 1 saturated heterocycles. The number of benzene rings is 1. The lowest BCUT2D eigenvalue weighted by Gasteiger charge is -2.43. The number of carbonyl (C=O) groups excluding carboxylic acids is 1. The van der Waals surface area contributed by atoms with E-state index in [9.17, 15) is 4.79 Å². The number of ketones is 1. The summed E-state index contributed by atoms with van der Waals surface area (Å²) in [4.78, 5) is 15.2. The summed E-state index contributed by atoms with van der Waals surface area (Å²) in [6.07, 6.45) is 3.74. The lowest BCUT2D eigenvalue weighted by Crippen LogP contribution is -2.46. The number of piperidine rings is 1. The van der Waals surface area contributed by atoms with Gasteiger partial charge in [0.15, 0.2) is 0 Å². The van der Waals surface area contributed by atoms with E-state index < -0.39 is 0 Å². The fraction of sp³-hybridized carbons (Fsp3) is 0.650. The van der Waals surface area contributed by atoms with Crippen LogP contribution in [-0.2, 0) is 17.6 Å². The number of fused-ring (bicyclic) bond motifs is 3. The van der Waals surface area contributed by atoms with Crippen molar-refractivity contribution in [1.29, 1.82) is 0 Å². The summed E-state index contributed by atoms with van der Waals surface area (Å²) in [5.74, 6) is 2.28. The molecular formula is C20H29NO2. The third kappa shape index (κ3) is 3.16. The molecule has 0 N–H and O–H groups in total. The monoisotopic (exact) mass is 315 g/mol. The van der Waals surface area contributed by atoms with Crippen LogP contribution in [0.4, 0.5) is 0 Å². The summed E-state index contributed by atoms with van der Waals surface area (Å²) in [5.41, 5.74) is 3.99. The molecule has 0 radical (unpaired) electrons. The van der Waals surface area contributed by atoms with Crippen LogP contribution in [0.1, 0.15) is 56.3 Å². The molecule has 23 heavy (non-hydrogen) atoms. The van der Waals surface area contributed by atoms with Gasteiger partial charge in [-0.05, 0) is 47.9 Å². The van der Waals surface area contributed by atoms with E-state index in [1.807, 2.05) is 0 Å². The van der Waals surface area contributed by atoms with Gasteiger partial charge in [0.1, 0.15) is 11.5 Å². The number of carbonyl (C=O) groups is 1. The highest BCUT2D eigenvalue weighted by molar-refractivity contribution is 5.83. The molecular weight excluding hydrogens is 286 g/mol. The predicted molar refractivity (Wildman–Crippen MR) is 93.0 cm³/mol. The maximum atomic E-state index is 12.6. The van der Waals surface area contributed by atoms with Crippen molar-refractivity contribution in [3.8, 4) is 5.75 Å². The average molecular weight is 315 g/mol. The lowest BCUT2D eigenvalue weighted by atomic mass is 9.79. The molecule has 1 fully saturated rings. The van der Waals surface area contributed by atoms with Crippen LogP contribution in [0, 0.1) is 11.8 Å². The summed E-state index contributed by atoms with van der Waals surface area (Å²) >= 11 is 0. The second-order valence-electron chi connectivity index (χ2n) is 7.47. The maximum absolute atomic E-state index is 12.6. The van der Waals surface area contributed by atoms with Gasteiger partial charge in [-0.1, -0.05) is 26.8 Å². The first-order chi connectivity index (χ1) is 11.0. The van der Waals surface area contributed by atoms with Gasteiger partial charge < -0.3 is 4.74 Å². The predicted octanol–water partition coefficient (Wildman–Crippen LogP) is 3.79. The molecule has 0 aromatic heterocycles. The molecule has 0 unspecified atom stereocenters. The van der Waals surface area contributed by atoms with Gasteiger partial charge in [-0.2, -0.15) is 0 Å². The number of aryl methyl sites for hydroxylation is 1. The van der Waals surface area contributed by atoms with Gasteiger partial charge in [0.25, 0.3) is 0 Å². The first kappa shape index (κ1) is 16.5. The second-order valence-corrected chi connectivity index (χ2v) is 7.47. The fourth-order valence-electron chi connectivity index (χ4n) is 4.27. The van der Waals surface area contributed by atoms with Crippen LogP contribution >= 0.6 is 0 Å². The van der Waals surface area contributed by atoms with E-state index in [1.54, 1.807) is 7.11 Å². The molecule has 0 bridgehead atoms. The first-order valence-electron chi connectivity index (χ1n) is 8.99. The van der Waals surface area contributed by atoms with Crippen LogP contribution in [-0.4, -0.2) is 30.9 Å². The number of ether oxygens (including phenoxy) is 1. The van der Waals surface area contributed by atoms with E-state index in [4.69, 9.17) is 4.74 Å². The van der Waals surface area contributed by atoms with E-state index in [2.05, 4.69) is 37.8 Å². The molecule has 0 saturated carbocycles. The Kier molecular flexibility index (Phi) is 4.77. The largest absolute Gasteiger partial charge is 0.496 e. The Morgan fingerprint density at radius 3 is 2.78 bits per heavy atom. The number of hydrogen-bond acceptors (Lipinski definition) is 3. The van der Waals surface area contributed by atoms with E-state index in [1.165, 1.54) is 16.7 Å². The van der Waals surface area contributed by atoms with Crippen LogP contribution in [0.5, 0.6) is 5.75 Å². The Morgan fingerprint density at radius 1 is 1.35 bits per heavy atom. The third-order valence-electron chi connectivity index (χ3n) is 5.45. The van der Waals surface area contributed by atoms with Crippen molar-refractivity contribution in [3.63, 3.8) is 0 Å². The van der Waals surface area contributed by atoms with Gasteiger partial charge in [0.05, 0.1) is 7.11 Å². The maximum Gasteiger partial charge on any atom is 0.139 e. The number of methoxy groups -OCH3 is 1. The zero-order valence-electron chi connectivity index (χ0n) is 14.9. The SMILES string of the molecule is CCc1cc2c(cc1OC)CCN1C[C@H](CC(C)C)C(=O)C[C@@H]21. The molecule has 2 heterocycles. The molecule has 0 spiro atoms. The summed E-state index contributed by atoms with van der Waals surface area (Å²) in [6, 6.07) is 4.78. The number of rotatable bonds is 4. The molecule has 3 rings (SSSR count). The topological polar surface area (TPSA) is 29.5 Å². The van der Waals surface area contributed by atoms with E-state index in [0.717, 1.165) is 38.1 Å². The second kappa shape index (κ2) is 6.64. The number of Topliss-reactive ketones (excluding diaryl/α,β-unsaturated/α-hetero) is 1. The zero-order valence-corrected chi connectivity index (χ0v) is 14.9. The third-order valence-corrected chi connectivity index (χ3v) is 5.45. The highest BCUT2D eigenvalue weighted by Gasteiger charge is 2.38. The summed E-state index contributed by atoms with van der Waals surface area (Å²) in [6.45, 7) is 8.59. The van der Waals surface area contributed by atoms with Crippen molar-refractivity contribution in [2.24, 2.45) is 11.8 Å². The minimum Gasteiger partial charge on any atom is -0.496 e. The van der Waals surface area contributed by atoms with E-state index in [0.29, 0.717) is 18.1 Å². The van der Waals surface area contributed by atoms with Crippen LogP contribution < -0.4 is 4.74 Å². The van der Waals surface area contributed by atoms with Crippen molar-refractivity contribution in [2.45, 2.75) is 52.5 Å². The van der Waals surface area contributed by atoms with Crippen molar-refractivity contribution in [1.82, 2.24) is 4.90 Å². The molecule has 2 aliphatic rings. The van der Waals surface area contributed by atoms with Crippen LogP contribution in [0.25, 0.3) is 0 Å². The summed E-state index contributed by atoms with van der Waals surface area (Å²) < 4.78 is 5.54. The molecule has 126 valence electrons. The zero-order chi connectivity index (χ0) is 16.6. The number of hydrogen-bond donors (Lipinski definition) is 0. The Balaban J connectivity index is 1.89. The molecule has 1 aromatic rings. The normalized spacial score (nSPS) is 24.5. The molecule has 3 heteroatoms. The highest BCUT2D eigenvalue weighted by atomic mass is 16.5. The van der Waals surface area contributed by atoms with Gasteiger partial charge in [-0.25, -0.2) is 0 Å². The number of nitrogens with zero attached hydrogens (tertiary/aromatic N) is 1. The molecule has 0 amide bonds. The van der Waals surface area contributed by atoms with E-state index in [-0.39, 0.29) is 12.0 Å². The minimum absolute atomic E-state index is 0.233. The van der Waals surface area contributed by atoms with Crippen LogP contribution in [0.3, 0.4) is 0 Å². The summed E-state index contributed by atoms with van der Waals surface area (Å²) in [7, 11) is 1.75. The Hall–Kier alpha value is -1.35. The lowest BCUT2D eigenvalue weighted by molar-refractivity contribution is -0.129. The first-order valence-corrected chi connectivity index (χ1v) is 8.99. The molecule has 0 aliphatic carbocycles. The Morgan fingerprint density at radius 2 is 2.13 bits per heavy atom. The Bertz CT molecular complexity index is 594.